The molecule has 1 aromatic carbocycles. The Balaban J connectivity index is 2.22. The third-order valence-electron chi connectivity index (χ3n) is 2.96. The molecule has 3 N–H and O–H groups in total. The lowest BCUT2D eigenvalue weighted by Crippen LogP contribution is -2.47. The fourth-order valence-corrected chi connectivity index (χ4v) is 2.38. The molecule has 0 aromatic heterocycles. The summed E-state index contributed by atoms with van der Waals surface area (Å²) in [4.78, 5) is 25.5. The molecule has 0 aliphatic carbocycles. The van der Waals surface area contributed by atoms with Crippen LogP contribution in [0.1, 0.15) is 32.4 Å². The Morgan fingerprint density at radius 1 is 1.45 bits per heavy atom. The van der Waals surface area contributed by atoms with Crippen LogP contribution in [0.3, 0.4) is 0 Å². The highest BCUT2D eigenvalue weighted by molar-refractivity contribution is 6.31. The highest BCUT2D eigenvalue weighted by Crippen LogP contribution is 2.35. The summed E-state index contributed by atoms with van der Waals surface area (Å²) in [5, 5.41) is 3.35. The molecule has 1 atom stereocenters. The Morgan fingerprint density at radius 3 is 2.70 bits per heavy atom. The molecule has 20 heavy (non-hydrogen) atoms. The number of nitrogens with one attached hydrogen (secondary N) is 1. The molecular weight excluding hydrogens is 278 g/mol. The lowest BCUT2D eigenvalue weighted by atomic mass is 10.1. The molecule has 0 spiro atoms. The fourth-order valence-electron chi connectivity index (χ4n) is 2.20. The third kappa shape index (κ3) is 2.94. The summed E-state index contributed by atoms with van der Waals surface area (Å²) in [5.74, 6) is -0.507. The molecule has 2 rings (SSSR count). The second kappa shape index (κ2) is 5.07. The maximum absolute atomic E-state index is 12.2. The van der Waals surface area contributed by atoms with E-state index in [1.165, 1.54) is 4.90 Å². The van der Waals surface area contributed by atoms with Crippen molar-refractivity contribution in [2.45, 2.75) is 32.4 Å². The standard InChI is InChI=1S/C14H18ClN3O2/c1-14(2,3)17-11(19)7-18-10-5-4-8(15)6-9(10)12(16)13(18)20/h4-6,12H,7,16H2,1-3H3,(H,17,19). The van der Waals surface area contributed by atoms with Crippen molar-refractivity contribution in [3.05, 3.63) is 28.8 Å². The monoisotopic (exact) mass is 295 g/mol. The number of carbonyl (C=O) groups excluding carboxylic acids is 2. The molecule has 0 saturated carbocycles. The summed E-state index contributed by atoms with van der Waals surface area (Å²) < 4.78 is 0. The first-order chi connectivity index (χ1) is 9.19. The van der Waals surface area contributed by atoms with Gasteiger partial charge in [0.2, 0.25) is 11.8 Å². The Kier molecular flexibility index (Phi) is 3.75. The van der Waals surface area contributed by atoms with Crippen LogP contribution in [0.25, 0.3) is 0 Å². The predicted octanol–water partition coefficient (Wildman–Crippen LogP) is 1.60. The lowest BCUT2D eigenvalue weighted by molar-refractivity contribution is -0.124. The van der Waals surface area contributed by atoms with Gasteiger partial charge in [-0.25, -0.2) is 0 Å². The number of nitrogens with zero attached hydrogens (tertiary/aromatic N) is 1. The van der Waals surface area contributed by atoms with E-state index < -0.39 is 6.04 Å². The Bertz CT molecular complexity index is 566. The number of amides is 2. The van der Waals surface area contributed by atoms with E-state index in [0.29, 0.717) is 16.3 Å². The van der Waals surface area contributed by atoms with Crippen LogP contribution in [0, 0.1) is 0 Å². The van der Waals surface area contributed by atoms with Crippen LogP contribution in [0.5, 0.6) is 0 Å². The normalized spacial score (nSPS) is 18.1. The molecular formula is C14H18ClN3O2. The molecule has 2 amide bonds. The zero-order valence-corrected chi connectivity index (χ0v) is 12.5. The molecule has 0 saturated heterocycles. The van der Waals surface area contributed by atoms with E-state index in [4.69, 9.17) is 17.3 Å². The maximum Gasteiger partial charge on any atom is 0.249 e. The topological polar surface area (TPSA) is 75.4 Å². The van der Waals surface area contributed by atoms with Crippen molar-refractivity contribution in [2.75, 3.05) is 11.4 Å². The Hall–Kier alpha value is -1.59. The Morgan fingerprint density at radius 2 is 2.10 bits per heavy atom. The van der Waals surface area contributed by atoms with Gasteiger partial charge in [0.05, 0.1) is 0 Å². The van der Waals surface area contributed by atoms with E-state index in [0.717, 1.165) is 0 Å². The van der Waals surface area contributed by atoms with Crippen LogP contribution in [0.4, 0.5) is 5.69 Å². The summed E-state index contributed by atoms with van der Waals surface area (Å²) in [6, 6.07) is 4.31. The summed E-state index contributed by atoms with van der Waals surface area (Å²) in [6.45, 7) is 5.61. The minimum absolute atomic E-state index is 0.0432. The van der Waals surface area contributed by atoms with Crippen molar-refractivity contribution in [3.8, 4) is 0 Å². The molecule has 6 heteroatoms. The summed E-state index contributed by atoms with van der Waals surface area (Å²) >= 11 is 5.91. The summed E-state index contributed by atoms with van der Waals surface area (Å²) in [5.41, 5.74) is 6.84. The molecule has 0 bridgehead atoms. The second-order valence-corrected chi connectivity index (χ2v) is 6.34. The van der Waals surface area contributed by atoms with E-state index in [2.05, 4.69) is 5.32 Å². The molecule has 1 aromatic rings. The van der Waals surface area contributed by atoms with Crippen LogP contribution in [-0.2, 0) is 9.59 Å². The van der Waals surface area contributed by atoms with Gasteiger partial charge in [-0.05, 0) is 39.0 Å². The van der Waals surface area contributed by atoms with E-state index in [1.807, 2.05) is 20.8 Å². The molecule has 1 heterocycles. The van der Waals surface area contributed by atoms with Crippen LogP contribution in [0.2, 0.25) is 5.02 Å². The van der Waals surface area contributed by atoms with Crippen LogP contribution in [0.15, 0.2) is 18.2 Å². The van der Waals surface area contributed by atoms with Crippen LogP contribution < -0.4 is 16.0 Å². The highest BCUT2D eigenvalue weighted by Gasteiger charge is 2.36. The van der Waals surface area contributed by atoms with Crippen molar-refractivity contribution in [1.29, 1.82) is 0 Å². The fraction of sp³-hybridized carbons (Fsp3) is 0.429. The number of halogens is 1. The first-order valence-corrected chi connectivity index (χ1v) is 6.74. The largest absolute Gasteiger partial charge is 0.350 e. The van der Waals surface area contributed by atoms with Crippen molar-refractivity contribution in [1.82, 2.24) is 5.32 Å². The van der Waals surface area contributed by atoms with Gasteiger partial charge < -0.3 is 16.0 Å². The number of rotatable bonds is 2. The smallest absolute Gasteiger partial charge is 0.249 e. The number of carbonyl (C=O) groups is 2. The molecule has 108 valence electrons. The zero-order chi connectivity index (χ0) is 15.1. The minimum Gasteiger partial charge on any atom is -0.350 e. The van der Waals surface area contributed by atoms with Gasteiger partial charge in [-0.2, -0.15) is 0 Å². The molecule has 0 fully saturated rings. The van der Waals surface area contributed by atoms with Gasteiger partial charge in [0.1, 0.15) is 12.6 Å². The van der Waals surface area contributed by atoms with Crippen LogP contribution >= 0.6 is 11.6 Å². The van der Waals surface area contributed by atoms with Gasteiger partial charge in [0.15, 0.2) is 0 Å². The number of benzene rings is 1. The number of fused-ring (bicyclic) bond motifs is 1. The van der Waals surface area contributed by atoms with Gasteiger partial charge in [-0.1, -0.05) is 11.6 Å². The van der Waals surface area contributed by atoms with Gasteiger partial charge in [-0.15, -0.1) is 0 Å². The van der Waals surface area contributed by atoms with Gasteiger partial charge in [0.25, 0.3) is 0 Å². The first kappa shape index (κ1) is 14.8. The minimum atomic E-state index is -0.758. The average Bonchev–Trinajstić information content (AvgIpc) is 2.52. The van der Waals surface area contributed by atoms with E-state index >= 15 is 0 Å². The quantitative estimate of drug-likeness (QED) is 0.870. The van der Waals surface area contributed by atoms with E-state index in [9.17, 15) is 9.59 Å². The molecule has 1 unspecified atom stereocenters. The average molecular weight is 296 g/mol. The predicted molar refractivity (Wildman–Crippen MR) is 78.6 cm³/mol. The number of nitrogens with two attached hydrogens (primary N) is 1. The van der Waals surface area contributed by atoms with E-state index in [-0.39, 0.29) is 23.9 Å². The SMILES string of the molecule is CC(C)(C)NC(=O)CN1C(=O)C(N)c2cc(Cl)ccc21. The summed E-state index contributed by atoms with van der Waals surface area (Å²) in [6.07, 6.45) is 0. The van der Waals surface area contributed by atoms with Crippen molar-refractivity contribution >= 4 is 29.1 Å². The lowest BCUT2D eigenvalue weighted by Gasteiger charge is -2.23. The summed E-state index contributed by atoms with van der Waals surface area (Å²) in [7, 11) is 0. The molecule has 1 aliphatic rings. The number of hydrogen-bond donors (Lipinski definition) is 2. The molecule has 1 aliphatic heterocycles. The van der Waals surface area contributed by atoms with Gasteiger partial charge in [0, 0.05) is 21.8 Å². The van der Waals surface area contributed by atoms with Crippen molar-refractivity contribution in [2.24, 2.45) is 5.73 Å². The zero-order valence-electron chi connectivity index (χ0n) is 11.7. The molecule has 5 nitrogen and oxygen atoms in total. The van der Waals surface area contributed by atoms with Crippen LogP contribution in [-0.4, -0.2) is 23.9 Å². The highest BCUT2D eigenvalue weighted by atomic mass is 35.5. The first-order valence-electron chi connectivity index (χ1n) is 6.36. The molecule has 0 radical (unpaired) electrons. The number of hydrogen-bond acceptors (Lipinski definition) is 3. The van der Waals surface area contributed by atoms with Gasteiger partial charge in [-0.3, -0.25) is 9.59 Å². The van der Waals surface area contributed by atoms with E-state index in [1.54, 1.807) is 18.2 Å². The second-order valence-electron chi connectivity index (χ2n) is 5.90. The third-order valence-corrected chi connectivity index (χ3v) is 3.20. The van der Waals surface area contributed by atoms with Gasteiger partial charge >= 0.3 is 0 Å². The number of anilines is 1. The Labute approximate surface area is 123 Å². The maximum atomic E-state index is 12.2. The van der Waals surface area contributed by atoms with Crippen molar-refractivity contribution < 1.29 is 9.59 Å². The van der Waals surface area contributed by atoms with Crippen molar-refractivity contribution in [3.63, 3.8) is 0 Å².